The summed E-state index contributed by atoms with van der Waals surface area (Å²) in [4.78, 5) is 70.6. The molecular formula is C39H54N4O5. The predicted octanol–water partition coefficient (Wildman–Crippen LogP) is 6.76. The molecule has 0 bridgehead atoms. The molecule has 2 aromatic carbocycles. The molecule has 48 heavy (non-hydrogen) atoms. The van der Waals surface area contributed by atoms with E-state index in [2.05, 4.69) is 20.8 Å². The van der Waals surface area contributed by atoms with Crippen molar-refractivity contribution in [1.29, 1.82) is 0 Å². The molecule has 260 valence electrons. The number of fused-ring (bicyclic) bond motifs is 2. The maximum absolute atomic E-state index is 13.9. The molecule has 4 amide bonds. The second-order valence-corrected chi connectivity index (χ2v) is 14.3. The summed E-state index contributed by atoms with van der Waals surface area (Å²) in [7, 11) is 0. The Kier molecular flexibility index (Phi) is 11.8. The van der Waals surface area contributed by atoms with Crippen LogP contribution in [0.25, 0.3) is 0 Å². The van der Waals surface area contributed by atoms with Gasteiger partial charge in [0.1, 0.15) is 0 Å². The van der Waals surface area contributed by atoms with Gasteiger partial charge in [0.25, 0.3) is 23.6 Å². The molecule has 0 saturated heterocycles. The van der Waals surface area contributed by atoms with Crippen LogP contribution < -0.4 is 11.5 Å². The van der Waals surface area contributed by atoms with E-state index in [1.807, 2.05) is 20.8 Å². The Balaban J connectivity index is 1.51. The van der Waals surface area contributed by atoms with Crippen LogP contribution in [0.2, 0.25) is 0 Å². The molecule has 0 fully saturated rings. The maximum Gasteiger partial charge on any atom is 0.262 e. The van der Waals surface area contributed by atoms with E-state index < -0.39 is 17.2 Å². The number of hydrogen-bond donors (Lipinski definition) is 2. The molecule has 2 aromatic rings. The first kappa shape index (κ1) is 37.1. The molecule has 0 aromatic heterocycles. The Hall–Kier alpha value is -3.69. The summed E-state index contributed by atoms with van der Waals surface area (Å²) in [6, 6.07) is 9.16. The zero-order valence-electron chi connectivity index (χ0n) is 29.7. The van der Waals surface area contributed by atoms with Gasteiger partial charge < -0.3 is 11.5 Å². The van der Waals surface area contributed by atoms with Crippen molar-refractivity contribution < 1.29 is 24.0 Å². The first-order valence-corrected chi connectivity index (χ1v) is 17.9. The molecule has 4 rings (SSSR count). The number of carbonyl (C=O) groups is 5. The first-order chi connectivity index (χ1) is 22.8. The molecule has 9 nitrogen and oxygen atoms in total. The van der Waals surface area contributed by atoms with Crippen LogP contribution in [0.3, 0.4) is 0 Å². The van der Waals surface area contributed by atoms with Gasteiger partial charge in [-0.1, -0.05) is 60.1 Å². The van der Waals surface area contributed by atoms with Crippen molar-refractivity contribution >= 4 is 29.4 Å². The van der Waals surface area contributed by atoms with Gasteiger partial charge in [0, 0.05) is 23.2 Å². The Bertz CT molecular complexity index is 1560. The van der Waals surface area contributed by atoms with Crippen molar-refractivity contribution in [2.45, 2.75) is 117 Å². The Morgan fingerprint density at radius 2 is 1.21 bits per heavy atom. The van der Waals surface area contributed by atoms with Crippen molar-refractivity contribution in [3.63, 3.8) is 0 Å². The van der Waals surface area contributed by atoms with Crippen LogP contribution in [0, 0.1) is 11.8 Å². The smallest absolute Gasteiger partial charge is 0.262 e. The average molecular weight is 659 g/mol. The monoisotopic (exact) mass is 658 g/mol. The highest BCUT2D eigenvalue weighted by Crippen LogP contribution is 2.39. The predicted molar refractivity (Wildman–Crippen MR) is 188 cm³/mol. The third kappa shape index (κ3) is 7.18. The normalized spacial score (nSPS) is 16.1. The minimum absolute atomic E-state index is 0.103. The lowest BCUT2D eigenvalue weighted by molar-refractivity contribution is 0.0336. The quantitative estimate of drug-likeness (QED) is 0.133. The maximum atomic E-state index is 13.9. The van der Waals surface area contributed by atoms with Crippen LogP contribution in [0.4, 0.5) is 0 Å². The van der Waals surface area contributed by atoms with Crippen molar-refractivity contribution in [1.82, 2.24) is 9.80 Å². The number of nitrogens with two attached hydrogens (primary N) is 2. The van der Waals surface area contributed by atoms with Gasteiger partial charge in [-0.3, -0.25) is 33.8 Å². The molecule has 0 saturated carbocycles. The molecule has 2 atom stereocenters. The van der Waals surface area contributed by atoms with E-state index in [0.717, 1.165) is 44.9 Å². The first-order valence-electron chi connectivity index (χ1n) is 17.9. The molecule has 0 spiro atoms. The largest absolute Gasteiger partial charge is 0.330 e. The number of benzene rings is 2. The van der Waals surface area contributed by atoms with E-state index in [4.69, 9.17) is 11.5 Å². The van der Waals surface area contributed by atoms with Gasteiger partial charge in [-0.2, -0.15) is 0 Å². The highest BCUT2D eigenvalue weighted by atomic mass is 16.2. The van der Waals surface area contributed by atoms with Gasteiger partial charge in [-0.05, 0) is 100 Å². The lowest BCUT2D eigenvalue weighted by atomic mass is 9.80. The van der Waals surface area contributed by atoms with Gasteiger partial charge in [0.15, 0.2) is 5.78 Å². The fraction of sp³-hybridized carbons (Fsp3) is 0.564. The molecule has 2 heterocycles. The lowest BCUT2D eigenvalue weighted by Crippen LogP contribution is -2.52. The zero-order chi connectivity index (χ0) is 35.4. The van der Waals surface area contributed by atoms with E-state index in [9.17, 15) is 24.0 Å². The van der Waals surface area contributed by atoms with Gasteiger partial charge in [0.2, 0.25) is 0 Å². The Morgan fingerprint density at radius 1 is 0.708 bits per heavy atom. The second kappa shape index (κ2) is 15.2. The number of rotatable bonds is 18. The van der Waals surface area contributed by atoms with E-state index in [1.54, 1.807) is 18.2 Å². The van der Waals surface area contributed by atoms with E-state index in [0.29, 0.717) is 37.9 Å². The molecule has 2 aliphatic rings. The van der Waals surface area contributed by atoms with Gasteiger partial charge >= 0.3 is 0 Å². The number of imide groups is 2. The number of amides is 4. The molecule has 4 N–H and O–H groups in total. The van der Waals surface area contributed by atoms with E-state index in [-0.39, 0.29) is 62.9 Å². The van der Waals surface area contributed by atoms with Gasteiger partial charge in [-0.25, -0.2) is 0 Å². The summed E-state index contributed by atoms with van der Waals surface area (Å²) in [5, 5.41) is 0. The van der Waals surface area contributed by atoms with Crippen molar-refractivity contribution in [3.8, 4) is 0 Å². The summed E-state index contributed by atoms with van der Waals surface area (Å²) >= 11 is 0. The van der Waals surface area contributed by atoms with Crippen molar-refractivity contribution in [2.24, 2.45) is 23.3 Å². The fourth-order valence-corrected chi connectivity index (χ4v) is 7.55. The molecule has 0 radical (unpaired) electrons. The summed E-state index contributed by atoms with van der Waals surface area (Å²) in [6.07, 6.45) is 8.19. The summed E-state index contributed by atoms with van der Waals surface area (Å²) in [5.74, 6) is -1.50. The zero-order valence-corrected chi connectivity index (χ0v) is 29.7. The van der Waals surface area contributed by atoms with Crippen molar-refractivity contribution in [3.05, 3.63) is 69.8 Å². The van der Waals surface area contributed by atoms with Crippen LogP contribution in [-0.2, 0) is 0 Å². The fourth-order valence-electron chi connectivity index (χ4n) is 7.55. The molecule has 2 aliphatic heterocycles. The lowest BCUT2D eigenvalue weighted by Gasteiger charge is -2.41. The number of nitrogens with zero attached hydrogens (tertiary/aromatic N) is 2. The van der Waals surface area contributed by atoms with Gasteiger partial charge in [-0.15, -0.1) is 0 Å². The van der Waals surface area contributed by atoms with Gasteiger partial charge in [0.05, 0.1) is 27.8 Å². The molecule has 9 heteroatoms. The number of ketones is 1. The average Bonchev–Trinajstić information content (AvgIpc) is 3.49. The minimum atomic E-state index is -0.637. The highest BCUT2D eigenvalue weighted by Gasteiger charge is 2.48. The Morgan fingerprint density at radius 3 is 1.75 bits per heavy atom. The summed E-state index contributed by atoms with van der Waals surface area (Å²) in [5.41, 5.74) is 12.8. The summed E-state index contributed by atoms with van der Waals surface area (Å²) < 4.78 is 0. The Labute approximate surface area is 285 Å². The third-order valence-electron chi connectivity index (χ3n) is 11.1. The second-order valence-electron chi connectivity index (χ2n) is 14.3. The molecular weight excluding hydrogens is 604 g/mol. The highest BCUT2D eigenvalue weighted by molar-refractivity contribution is 6.24. The SMILES string of the molecule is CCC(N)(CC)CCCC(C)CN1C(=O)c2ccc(C(=O)c3ccc4c(c3)C(=O)N(C(CC)(CC)CC(C)CCCN)C4=O)cc2C1=O. The molecule has 0 aliphatic carbocycles. The summed E-state index contributed by atoms with van der Waals surface area (Å²) in [6.45, 7) is 13.3. The van der Waals surface area contributed by atoms with Crippen LogP contribution in [0.5, 0.6) is 0 Å². The van der Waals surface area contributed by atoms with Crippen LogP contribution >= 0.6 is 0 Å². The van der Waals surface area contributed by atoms with Crippen molar-refractivity contribution in [2.75, 3.05) is 13.1 Å². The number of hydrogen-bond acceptors (Lipinski definition) is 7. The van der Waals surface area contributed by atoms with E-state index >= 15 is 0 Å². The standard InChI is InChI=1S/C39H54N4O5/c1-7-38(41,8-2)19-11-13-26(6)24-42-34(45)29-17-15-27(21-31(29)35(42)46)33(44)28-16-18-30-32(22-28)37(48)43(36(30)47)39(9-3,10-4)23-25(5)14-12-20-40/h15-18,21-22,25-26H,7-14,19-20,23-24,40-41H2,1-6H3. The van der Waals surface area contributed by atoms with E-state index in [1.165, 1.54) is 28.0 Å². The third-order valence-corrected chi connectivity index (χ3v) is 11.1. The van der Waals surface area contributed by atoms with Crippen LogP contribution in [0.15, 0.2) is 36.4 Å². The van der Waals surface area contributed by atoms with Crippen LogP contribution in [-0.4, -0.2) is 63.4 Å². The topological polar surface area (TPSA) is 144 Å². The van der Waals surface area contributed by atoms with Crippen LogP contribution in [0.1, 0.15) is 163 Å². The molecule has 2 unspecified atom stereocenters. The number of carbonyl (C=O) groups excluding carboxylic acids is 5. The minimum Gasteiger partial charge on any atom is -0.330 e.